The zero-order chi connectivity index (χ0) is 11.4. The second-order valence-corrected chi connectivity index (χ2v) is 3.82. The maximum Gasteiger partial charge on any atom is 0.303 e. The molecule has 0 saturated carbocycles. The lowest BCUT2D eigenvalue weighted by Crippen LogP contribution is -2.38. The molecule has 86 valence electrons. The van der Waals surface area contributed by atoms with E-state index in [1.807, 2.05) is 24.3 Å². The summed E-state index contributed by atoms with van der Waals surface area (Å²) in [6.45, 7) is 1.31. The molecule has 0 amide bonds. The zero-order valence-corrected chi connectivity index (χ0v) is 8.89. The van der Waals surface area contributed by atoms with Crippen LogP contribution in [0.5, 0.6) is 5.75 Å². The first-order valence-electron chi connectivity index (χ1n) is 5.29. The molecule has 0 unspecified atom stereocenters. The van der Waals surface area contributed by atoms with Crippen LogP contribution in [0.4, 0.5) is 0 Å². The fourth-order valence-electron chi connectivity index (χ4n) is 1.46. The Morgan fingerprint density at radius 2 is 2.06 bits per heavy atom. The van der Waals surface area contributed by atoms with Gasteiger partial charge in [0.2, 0.25) is 0 Å². The van der Waals surface area contributed by atoms with Gasteiger partial charge in [-0.2, -0.15) is 0 Å². The molecular weight excluding hydrogens is 208 g/mol. The third-order valence-electron chi connectivity index (χ3n) is 2.46. The lowest BCUT2D eigenvalue weighted by atomic mass is 10.1. The van der Waals surface area contributed by atoms with E-state index in [9.17, 15) is 4.79 Å². The van der Waals surface area contributed by atoms with E-state index in [2.05, 4.69) is 0 Å². The normalized spacial score (nSPS) is 15.5. The fourth-order valence-corrected chi connectivity index (χ4v) is 1.46. The number of carbonyl (C=O) groups is 1. The van der Waals surface area contributed by atoms with Crippen LogP contribution >= 0.6 is 0 Å². The number of aliphatic carboxylic acids is 1. The molecule has 1 heterocycles. The predicted octanol–water partition coefficient (Wildman–Crippen LogP) is 1.48. The van der Waals surface area contributed by atoms with E-state index >= 15 is 0 Å². The molecule has 1 N–H and O–H groups in total. The summed E-state index contributed by atoms with van der Waals surface area (Å²) in [5, 5.41) is 8.55. The molecule has 0 radical (unpaired) electrons. The van der Waals surface area contributed by atoms with Crippen molar-refractivity contribution in [3.8, 4) is 5.75 Å². The van der Waals surface area contributed by atoms with Crippen LogP contribution in [0.3, 0.4) is 0 Å². The summed E-state index contributed by atoms with van der Waals surface area (Å²) in [6, 6.07) is 7.54. The molecule has 1 aliphatic rings. The second-order valence-electron chi connectivity index (χ2n) is 3.82. The number of hydrogen-bond donors (Lipinski definition) is 1. The fraction of sp³-hybridized carbons (Fsp3) is 0.417. The molecule has 1 aliphatic heterocycles. The average molecular weight is 222 g/mol. The maximum absolute atomic E-state index is 10.4. The molecule has 0 bridgehead atoms. The van der Waals surface area contributed by atoms with Crippen molar-refractivity contribution in [2.45, 2.75) is 18.9 Å². The molecule has 16 heavy (non-hydrogen) atoms. The number of carboxylic acid groups (broad SMARTS) is 1. The number of aryl methyl sites for hydroxylation is 1. The Morgan fingerprint density at radius 3 is 2.56 bits per heavy atom. The minimum Gasteiger partial charge on any atom is -0.486 e. The van der Waals surface area contributed by atoms with Crippen LogP contribution in [-0.2, 0) is 16.0 Å². The first-order chi connectivity index (χ1) is 7.74. The number of carboxylic acids is 1. The molecule has 1 aromatic carbocycles. The molecule has 1 aromatic rings. The molecule has 1 saturated heterocycles. The van der Waals surface area contributed by atoms with Crippen molar-refractivity contribution in [2.24, 2.45) is 0 Å². The zero-order valence-electron chi connectivity index (χ0n) is 8.89. The van der Waals surface area contributed by atoms with Crippen LogP contribution < -0.4 is 4.74 Å². The van der Waals surface area contributed by atoms with E-state index in [0.29, 0.717) is 19.6 Å². The summed E-state index contributed by atoms with van der Waals surface area (Å²) in [5.41, 5.74) is 1.01. The van der Waals surface area contributed by atoms with Gasteiger partial charge in [0, 0.05) is 6.42 Å². The number of benzene rings is 1. The second kappa shape index (κ2) is 4.99. The SMILES string of the molecule is O=C(O)CCc1ccc(OC2COC2)cc1. The van der Waals surface area contributed by atoms with Gasteiger partial charge in [0.15, 0.2) is 0 Å². The third kappa shape index (κ3) is 2.97. The third-order valence-corrected chi connectivity index (χ3v) is 2.46. The molecule has 0 aliphatic carbocycles. The predicted molar refractivity (Wildman–Crippen MR) is 57.6 cm³/mol. The highest BCUT2D eigenvalue weighted by atomic mass is 16.6. The first kappa shape index (κ1) is 11.0. The van der Waals surface area contributed by atoms with E-state index in [0.717, 1.165) is 11.3 Å². The van der Waals surface area contributed by atoms with Crippen LogP contribution in [0.2, 0.25) is 0 Å². The van der Waals surface area contributed by atoms with Crippen LogP contribution in [-0.4, -0.2) is 30.4 Å². The van der Waals surface area contributed by atoms with Gasteiger partial charge in [0.25, 0.3) is 0 Å². The highest BCUT2D eigenvalue weighted by Crippen LogP contribution is 2.17. The van der Waals surface area contributed by atoms with Gasteiger partial charge >= 0.3 is 5.97 Å². The van der Waals surface area contributed by atoms with E-state index < -0.39 is 5.97 Å². The lowest BCUT2D eigenvalue weighted by molar-refractivity contribution is -0.136. The number of rotatable bonds is 5. The maximum atomic E-state index is 10.4. The van der Waals surface area contributed by atoms with Gasteiger partial charge < -0.3 is 14.6 Å². The van der Waals surface area contributed by atoms with Crippen molar-refractivity contribution in [1.82, 2.24) is 0 Å². The summed E-state index contributed by atoms with van der Waals surface area (Å²) < 4.78 is 10.6. The van der Waals surface area contributed by atoms with E-state index in [4.69, 9.17) is 14.6 Å². The Labute approximate surface area is 93.8 Å². The average Bonchev–Trinajstić information content (AvgIpc) is 2.22. The molecule has 1 fully saturated rings. The summed E-state index contributed by atoms with van der Waals surface area (Å²) >= 11 is 0. The largest absolute Gasteiger partial charge is 0.486 e. The number of ether oxygens (including phenoxy) is 2. The van der Waals surface area contributed by atoms with Crippen molar-refractivity contribution < 1.29 is 19.4 Å². The van der Waals surface area contributed by atoms with Crippen molar-refractivity contribution in [3.05, 3.63) is 29.8 Å². The van der Waals surface area contributed by atoms with Gasteiger partial charge in [-0.25, -0.2) is 0 Å². The van der Waals surface area contributed by atoms with Crippen molar-refractivity contribution in [1.29, 1.82) is 0 Å². The summed E-state index contributed by atoms with van der Waals surface area (Å²) in [5.74, 6) is 0.0410. The van der Waals surface area contributed by atoms with Crippen LogP contribution in [0.1, 0.15) is 12.0 Å². The van der Waals surface area contributed by atoms with Crippen LogP contribution in [0.25, 0.3) is 0 Å². The van der Waals surface area contributed by atoms with E-state index in [-0.39, 0.29) is 12.5 Å². The summed E-state index contributed by atoms with van der Waals surface area (Å²) in [6.07, 6.45) is 0.892. The number of hydrogen-bond acceptors (Lipinski definition) is 3. The van der Waals surface area contributed by atoms with E-state index in [1.165, 1.54) is 0 Å². The van der Waals surface area contributed by atoms with Crippen molar-refractivity contribution in [3.63, 3.8) is 0 Å². The highest BCUT2D eigenvalue weighted by molar-refractivity contribution is 5.67. The van der Waals surface area contributed by atoms with Gasteiger partial charge in [0.05, 0.1) is 13.2 Å². The minimum absolute atomic E-state index is 0.163. The van der Waals surface area contributed by atoms with Gasteiger partial charge in [-0.15, -0.1) is 0 Å². The van der Waals surface area contributed by atoms with Crippen molar-refractivity contribution in [2.75, 3.05) is 13.2 Å². The molecule has 4 nitrogen and oxygen atoms in total. The standard InChI is InChI=1S/C12H14O4/c13-12(14)6-3-9-1-4-10(5-2-9)16-11-7-15-8-11/h1-2,4-5,11H,3,6-8H2,(H,13,14). The van der Waals surface area contributed by atoms with Gasteiger partial charge in [0.1, 0.15) is 11.9 Å². The quantitative estimate of drug-likeness (QED) is 0.819. The Hall–Kier alpha value is -1.55. The van der Waals surface area contributed by atoms with E-state index in [1.54, 1.807) is 0 Å². The van der Waals surface area contributed by atoms with Crippen LogP contribution in [0.15, 0.2) is 24.3 Å². The van der Waals surface area contributed by atoms with Gasteiger partial charge in [-0.05, 0) is 24.1 Å². The molecule has 2 rings (SSSR count). The topological polar surface area (TPSA) is 55.8 Å². The highest BCUT2D eigenvalue weighted by Gasteiger charge is 2.19. The van der Waals surface area contributed by atoms with Crippen molar-refractivity contribution >= 4 is 5.97 Å². The van der Waals surface area contributed by atoms with Gasteiger partial charge in [-0.1, -0.05) is 12.1 Å². The molecular formula is C12H14O4. The Kier molecular flexibility index (Phi) is 3.41. The molecule has 0 spiro atoms. The first-order valence-corrected chi connectivity index (χ1v) is 5.29. The molecule has 0 aromatic heterocycles. The monoisotopic (exact) mass is 222 g/mol. The molecule has 0 atom stereocenters. The Bertz CT molecular complexity index is 354. The molecule has 4 heteroatoms. The van der Waals surface area contributed by atoms with Crippen LogP contribution in [0, 0.1) is 0 Å². The summed E-state index contributed by atoms with van der Waals surface area (Å²) in [4.78, 5) is 10.4. The Balaban J connectivity index is 1.85. The minimum atomic E-state index is -0.771. The smallest absolute Gasteiger partial charge is 0.303 e. The lowest BCUT2D eigenvalue weighted by Gasteiger charge is -2.26. The Morgan fingerprint density at radius 1 is 1.38 bits per heavy atom. The summed E-state index contributed by atoms with van der Waals surface area (Å²) in [7, 11) is 0. The van der Waals surface area contributed by atoms with Gasteiger partial charge in [-0.3, -0.25) is 4.79 Å².